The average Bonchev–Trinajstić information content (AvgIpc) is 2.91. The van der Waals surface area contributed by atoms with Crippen LogP contribution in [-0.2, 0) is 11.8 Å². The van der Waals surface area contributed by atoms with Crippen LogP contribution in [0.2, 0.25) is 0 Å². The molecule has 2 unspecified atom stereocenters. The SMILES string of the molecule is [2H]OC1([2H])C=C[C@@]2([2H])[C@H]3Cc4ccc(OC)c5c4[C@@]2(CCN3C)C1([2H])O5. The van der Waals surface area contributed by atoms with Crippen LogP contribution in [0.5, 0.6) is 11.5 Å². The van der Waals surface area contributed by atoms with Gasteiger partial charge in [-0.2, -0.15) is 0 Å². The molecule has 4 aliphatic rings. The van der Waals surface area contributed by atoms with Gasteiger partial charge in [-0.1, -0.05) is 18.2 Å². The summed E-state index contributed by atoms with van der Waals surface area (Å²) in [5, 5.41) is 4.75. The smallest absolute Gasteiger partial charge is 0.211 e. The molecule has 1 N–H and O–H groups in total. The van der Waals surface area contributed by atoms with Crippen LogP contribution in [0.3, 0.4) is 0 Å². The van der Waals surface area contributed by atoms with Crippen LogP contribution in [0, 0.1) is 5.89 Å². The molecule has 1 fully saturated rings. The molecule has 2 heterocycles. The maximum absolute atomic E-state index is 9.44. The first-order chi connectivity index (χ1) is 12.3. The van der Waals surface area contributed by atoms with Gasteiger partial charge in [-0.25, -0.2) is 0 Å². The van der Waals surface area contributed by atoms with E-state index in [0.29, 0.717) is 30.9 Å². The van der Waals surface area contributed by atoms with E-state index in [0.717, 1.165) is 11.1 Å². The molecule has 1 aromatic rings. The molecular weight excluding hydrogens is 278 g/mol. The molecule has 2 aliphatic heterocycles. The molecule has 116 valence electrons. The van der Waals surface area contributed by atoms with Crippen molar-refractivity contribution in [1.82, 2.24) is 4.90 Å². The van der Waals surface area contributed by atoms with E-state index in [9.17, 15) is 2.74 Å². The standard InChI is InChI=1S/C18H21NO3/c1-19-8-7-18-11-4-5-13(20)17(18)22-16-14(21-2)6-3-10(15(16)18)9-12(11)19/h3-6,11-13,17,20H,7-9H2,1-2H3/t11-,12+,13?,17?,18-/m0/s1/i11D,13D,17D,20D. The molecule has 1 saturated heterocycles. The molecule has 0 aromatic heterocycles. The Morgan fingerprint density at radius 1 is 1.50 bits per heavy atom. The largest absolute Gasteiger partial charge is 0.493 e. The van der Waals surface area contributed by atoms with Gasteiger partial charge in [0.2, 0.25) is 1.43 Å². The Labute approximate surface area is 136 Å². The maximum atomic E-state index is 9.44. The summed E-state index contributed by atoms with van der Waals surface area (Å²) in [7, 11) is 3.54. The van der Waals surface area contributed by atoms with Crippen LogP contribution in [0.15, 0.2) is 24.3 Å². The van der Waals surface area contributed by atoms with Crippen molar-refractivity contribution in [3.05, 3.63) is 35.4 Å². The monoisotopic (exact) mass is 303 g/mol. The lowest BCUT2D eigenvalue weighted by molar-refractivity contribution is -0.0453. The highest BCUT2D eigenvalue weighted by Crippen LogP contribution is 2.62. The molecule has 0 radical (unpaired) electrons. The molecule has 0 saturated carbocycles. The zero-order valence-corrected chi connectivity index (χ0v) is 12.7. The van der Waals surface area contributed by atoms with Gasteiger partial charge in [-0.3, -0.25) is 0 Å². The first-order valence-electron chi connectivity index (χ1n) is 9.63. The molecule has 4 nitrogen and oxygen atoms in total. The molecule has 5 rings (SSSR count). The summed E-state index contributed by atoms with van der Waals surface area (Å²) >= 11 is 0. The second-order valence-corrected chi connectivity index (χ2v) is 6.57. The average molecular weight is 303 g/mol. The van der Waals surface area contributed by atoms with Crippen molar-refractivity contribution in [2.24, 2.45) is 5.89 Å². The third kappa shape index (κ3) is 1.28. The van der Waals surface area contributed by atoms with Crippen LogP contribution in [-0.4, -0.2) is 50.3 Å². The third-order valence-corrected chi connectivity index (χ3v) is 5.72. The van der Waals surface area contributed by atoms with E-state index < -0.39 is 23.5 Å². The number of benzene rings is 1. The Bertz CT molecular complexity index is 850. The van der Waals surface area contributed by atoms with Crippen LogP contribution in [0.1, 0.15) is 21.7 Å². The van der Waals surface area contributed by atoms with E-state index in [1.165, 1.54) is 6.08 Å². The first kappa shape index (κ1) is 9.58. The van der Waals surface area contributed by atoms with Crippen molar-refractivity contribution < 1.29 is 18.7 Å². The van der Waals surface area contributed by atoms with Gasteiger partial charge in [-0.05, 0) is 38.1 Å². The lowest BCUT2D eigenvalue weighted by Gasteiger charge is -2.56. The number of methoxy groups -OCH3 is 1. The first-order valence-corrected chi connectivity index (χ1v) is 7.72. The lowest BCUT2D eigenvalue weighted by atomic mass is 9.53. The van der Waals surface area contributed by atoms with Crippen molar-refractivity contribution >= 4 is 0 Å². The Hall–Kier alpha value is -1.52. The van der Waals surface area contributed by atoms with Gasteiger partial charge in [0.25, 0.3) is 0 Å². The van der Waals surface area contributed by atoms with Crippen molar-refractivity contribution in [3.63, 3.8) is 0 Å². The van der Waals surface area contributed by atoms with E-state index in [-0.39, 0.29) is 6.04 Å². The van der Waals surface area contributed by atoms with Gasteiger partial charge in [-0.15, -0.1) is 0 Å². The highest BCUT2D eigenvalue weighted by atomic mass is 16.5. The molecule has 1 aromatic carbocycles. The Morgan fingerprint density at radius 3 is 3.23 bits per heavy atom. The zero-order chi connectivity index (χ0) is 18.5. The molecule has 2 aliphatic carbocycles. The number of ether oxygens (including phenoxy) is 2. The van der Waals surface area contributed by atoms with E-state index in [4.69, 9.17) is 17.4 Å². The fourth-order valence-electron chi connectivity index (χ4n) is 4.72. The molecule has 5 atom stereocenters. The minimum atomic E-state index is -2.03. The van der Waals surface area contributed by atoms with Crippen molar-refractivity contribution in [1.29, 1.82) is 1.43 Å². The predicted octanol–water partition coefficient (Wildman–Crippen LogP) is 1.50. The zero-order valence-electron chi connectivity index (χ0n) is 16.7. The van der Waals surface area contributed by atoms with Crippen LogP contribution >= 0.6 is 0 Å². The van der Waals surface area contributed by atoms with Crippen LogP contribution < -0.4 is 9.47 Å². The summed E-state index contributed by atoms with van der Waals surface area (Å²) < 4.78 is 46.5. The molecule has 4 heteroatoms. The molecule has 2 bridgehead atoms. The van der Waals surface area contributed by atoms with Gasteiger partial charge in [0.05, 0.1) is 9.85 Å². The summed E-state index contributed by atoms with van der Waals surface area (Å²) in [4.78, 5) is 2.16. The van der Waals surface area contributed by atoms with Gasteiger partial charge in [0.15, 0.2) is 11.5 Å². The quantitative estimate of drug-likeness (QED) is 0.841. The van der Waals surface area contributed by atoms with Crippen molar-refractivity contribution in [3.8, 4) is 11.5 Å². The summed E-state index contributed by atoms with van der Waals surface area (Å²) in [6.45, 7) is 0.688. The number of nitrogens with zero attached hydrogens (tertiary/aromatic N) is 1. The van der Waals surface area contributed by atoms with Gasteiger partial charge in [0.1, 0.15) is 12.2 Å². The van der Waals surface area contributed by atoms with Crippen molar-refractivity contribution in [2.45, 2.75) is 36.5 Å². The van der Waals surface area contributed by atoms with Gasteiger partial charge in [0, 0.05) is 24.3 Å². The van der Waals surface area contributed by atoms with Crippen LogP contribution in [0.4, 0.5) is 0 Å². The lowest BCUT2D eigenvalue weighted by Crippen LogP contribution is -2.64. The highest BCUT2D eigenvalue weighted by Gasteiger charge is 2.64. The number of hydrogen-bond donors (Lipinski definition) is 1. The summed E-state index contributed by atoms with van der Waals surface area (Å²) in [5.41, 5.74) is 0.729. The van der Waals surface area contributed by atoms with E-state index in [1.807, 2.05) is 19.2 Å². The van der Waals surface area contributed by atoms with E-state index in [2.05, 4.69) is 4.90 Å². The Kier molecular flexibility index (Phi) is 1.77. The second kappa shape index (κ2) is 4.06. The normalized spacial score (nSPS) is 53.6. The summed E-state index contributed by atoms with van der Waals surface area (Å²) in [6.07, 6.45) is 0.204. The molecule has 1 spiro atoms. The molecule has 0 amide bonds. The number of likely N-dealkylation sites (N-methyl/N-ethyl adjacent to an activating group) is 1. The fourth-order valence-corrected chi connectivity index (χ4v) is 4.72. The topological polar surface area (TPSA) is 41.9 Å². The third-order valence-electron chi connectivity index (χ3n) is 5.72. The van der Waals surface area contributed by atoms with E-state index in [1.54, 1.807) is 13.2 Å². The fraction of sp³-hybridized carbons (Fsp3) is 0.556. The van der Waals surface area contributed by atoms with Crippen LogP contribution in [0.25, 0.3) is 0 Å². The number of piperidine rings is 1. The second-order valence-electron chi connectivity index (χ2n) is 6.57. The highest BCUT2D eigenvalue weighted by molar-refractivity contribution is 5.62. The number of hydrogen-bond acceptors (Lipinski definition) is 4. The maximum Gasteiger partial charge on any atom is 0.211 e. The Balaban J connectivity index is 1.92. The molecular formula is C18H21NO3. The number of aliphatic hydroxyl groups is 1. The van der Waals surface area contributed by atoms with E-state index >= 15 is 0 Å². The number of likely N-dealkylation sites (tertiary alicyclic amines) is 1. The predicted molar refractivity (Wildman–Crippen MR) is 82.5 cm³/mol. The number of rotatable bonds is 2. The minimum absolute atomic E-state index is 0.136. The summed E-state index contributed by atoms with van der Waals surface area (Å²) in [5.74, 6) is -0.224. The summed E-state index contributed by atoms with van der Waals surface area (Å²) in [6, 6.07) is 3.66. The minimum Gasteiger partial charge on any atom is -0.493 e. The Morgan fingerprint density at radius 2 is 2.41 bits per heavy atom. The molecule has 22 heavy (non-hydrogen) atoms. The van der Waals surface area contributed by atoms with Crippen molar-refractivity contribution in [2.75, 3.05) is 20.7 Å². The van der Waals surface area contributed by atoms with Gasteiger partial charge >= 0.3 is 0 Å². The van der Waals surface area contributed by atoms with Gasteiger partial charge < -0.3 is 19.5 Å².